The van der Waals surface area contributed by atoms with Gasteiger partial charge < -0.3 is 14.8 Å². The Balaban J connectivity index is 3.91. The van der Waals surface area contributed by atoms with Gasteiger partial charge in [-0.15, -0.1) is 0 Å². The van der Waals surface area contributed by atoms with Gasteiger partial charge in [0.15, 0.2) is 0 Å². The first-order valence-electron chi connectivity index (χ1n) is 6.40. The molecule has 0 amide bonds. The predicted octanol–water partition coefficient (Wildman–Crippen LogP) is 1.98. The highest BCUT2D eigenvalue weighted by atomic mass is 16.5. The first kappa shape index (κ1) is 16.4. The average Bonchev–Trinajstić information content (AvgIpc) is 2.28. The summed E-state index contributed by atoms with van der Waals surface area (Å²) in [5.74, 6) is 0.363. The Kier molecular flexibility index (Phi) is 8.17. The van der Waals surface area contributed by atoms with E-state index in [0.717, 1.165) is 19.4 Å². The van der Waals surface area contributed by atoms with Crippen LogP contribution in [-0.2, 0) is 14.3 Å². The molecule has 0 aliphatic rings. The smallest absolute Gasteiger partial charge is 0.326 e. The summed E-state index contributed by atoms with van der Waals surface area (Å²) >= 11 is 0. The molecule has 4 heteroatoms. The molecule has 0 aromatic carbocycles. The highest BCUT2D eigenvalue weighted by Crippen LogP contribution is 2.14. The standard InChI is InChI=1S/C13H27NO3/c1-6-17-12(15)13(4,14-5)8-7-9-16-10-11(2)3/h11,14H,6-10H2,1-5H3. The molecule has 4 nitrogen and oxygen atoms in total. The molecule has 0 radical (unpaired) electrons. The van der Waals surface area contributed by atoms with Crippen molar-refractivity contribution < 1.29 is 14.3 Å². The van der Waals surface area contributed by atoms with Gasteiger partial charge in [-0.1, -0.05) is 13.8 Å². The van der Waals surface area contributed by atoms with Crippen molar-refractivity contribution >= 4 is 5.97 Å². The Morgan fingerprint density at radius 1 is 1.41 bits per heavy atom. The number of nitrogens with one attached hydrogen (secondary N) is 1. The second kappa shape index (κ2) is 8.48. The fourth-order valence-corrected chi connectivity index (χ4v) is 1.47. The van der Waals surface area contributed by atoms with Crippen LogP contribution in [0.1, 0.15) is 40.5 Å². The first-order chi connectivity index (χ1) is 7.96. The summed E-state index contributed by atoms with van der Waals surface area (Å²) in [6.45, 7) is 9.81. The van der Waals surface area contributed by atoms with Gasteiger partial charge in [0, 0.05) is 13.2 Å². The van der Waals surface area contributed by atoms with Gasteiger partial charge in [-0.2, -0.15) is 0 Å². The molecule has 0 aliphatic heterocycles. The van der Waals surface area contributed by atoms with Crippen molar-refractivity contribution in [2.24, 2.45) is 5.92 Å². The van der Waals surface area contributed by atoms with Gasteiger partial charge >= 0.3 is 5.97 Å². The lowest BCUT2D eigenvalue weighted by molar-refractivity contribution is -0.150. The minimum atomic E-state index is -0.600. The summed E-state index contributed by atoms with van der Waals surface area (Å²) in [5, 5.41) is 3.03. The topological polar surface area (TPSA) is 47.6 Å². The Labute approximate surface area is 105 Å². The summed E-state index contributed by atoms with van der Waals surface area (Å²) in [6.07, 6.45) is 1.57. The molecule has 0 aromatic heterocycles. The van der Waals surface area contributed by atoms with Crippen LogP contribution in [0.15, 0.2) is 0 Å². The zero-order valence-electron chi connectivity index (χ0n) is 11.8. The fraction of sp³-hybridized carbons (Fsp3) is 0.923. The zero-order chi connectivity index (χ0) is 13.3. The lowest BCUT2D eigenvalue weighted by atomic mass is 9.96. The second-order valence-electron chi connectivity index (χ2n) is 4.87. The molecular weight excluding hydrogens is 218 g/mol. The molecule has 1 unspecified atom stereocenters. The number of carbonyl (C=O) groups excluding carboxylic acids is 1. The molecule has 0 saturated carbocycles. The molecule has 0 heterocycles. The average molecular weight is 245 g/mol. The minimum Gasteiger partial charge on any atom is -0.465 e. The van der Waals surface area contributed by atoms with E-state index in [-0.39, 0.29) is 5.97 Å². The van der Waals surface area contributed by atoms with Crippen LogP contribution in [0.4, 0.5) is 0 Å². The van der Waals surface area contributed by atoms with Crippen LogP contribution < -0.4 is 5.32 Å². The van der Waals surface area contributed by atoms with E-state index in [4.69, 9.17) is 9.47 Å². The molecule has 0 bridgehead atoms. The van der Waals surface area contributed by atoms with Crippen LogP contribution in [0.2, 0.25) is 0 Å². The minimum absolute atomic E-state index is 0.189. The van der Waals surface area contributed by atoms with Crippen molar-refractivity contribution in [3.8, 4) is 0 Å². The normalized spacial score (nSPS) is 14.7. The van der Waals surface area contributed by atoms with Crippen LogP contribution in [0.25, 0.3) is 0 Å². The largest absolute Gasteiger partial charge is 0.465 e. The number of likely N-dealkylation sites (N-methyl/N-ethyl adjacent to an activating group) is 1. The van der Waals surface area contributed by atoms with Gasteiger partial charge in [-0.05, 0) is 39.7 Å². The molecular formula is C13H27NO3. The van der Waals surface area contributed by atoms with E-state index in [0.29, 0.717) is 19.1 Å². The number of esters is 1. The molecule has 0 spiro atoms. The monoisotopic (exact) mass is 245 g/mol. The Morgan fingerprint density at radius 3 is 2.53 bits per heavy atom. The summed E-state index contributed by atoms with van der Waals surface area (Å²) in [5.41, 5.74) is -0.600. The lowest BCUT2D eigenvalue weighted by Crippen LogP contribution is -2.48. The van der Waals surface area contributed by atoms with Crippen molar-refractivity contribution in [1.82, 2.24) is 5.32 Å². The van der Waals surface area contributed by atoms with E-state index in [1.807, 2.05) is 13.8 Å². The van der Waals surface area contributed by atoms with Crippen LogP contribution >= 0.6 is 0 Å². The third-order valence-electron chi connectivity index (χ3n) is 2.69. The lowest BCUT2D eigenvalue weighted by Gasteiger charge is -2.26. The molecule has 0 aromatic rings. The Bertz CT molecular complexity index is 219. The van der Waals surface area contributed by atoms with E-state index in [9.17, 15) is 4.79 Å². The highest BCUT2D eigenvalue weighted by molar-refractivity contribution is 5.80. The van der Waals surface area contributed by atoms with E-state index in [2.05, 4.69) is 19.2 Å². The van der Waals surface area contributed by atoms with E-state index in [1.54, 1.807) is 7.05 Å². The summed E-state index contributed by atoms with van der Waals surface area (Å²) in [6, 6.07) is 0. The molecule has 0 saturated heterocycles. The SMILES string of the molecule is CCOC(=O)C(C)(CCCOCC(C)C)NC. The van der Waals surface area contributed by atoms with E-state index < -0.39 is 5.54 Å². The summed E-state index contributed by atoms with van der Waals surface area (Å²) in [7, 11) is 1.78. The third kappa shape index (κ3) is 6.64. The number of ether oxygens (including phenoxy) is 2. The van der Waals surface area contributed by atoms with Crippen LogP contribution in [-0.4, -0.2) is 38.4 Å². The molecule has 0 fully saturated rings. The molecule has 0 aliphatic carbocycles. The zero-order valence-corrected chi connectivity index (χ0v) is 11.8. The highest BCUT2D eigenvalue weighted by Gasteiger charge is 2.32. The third-order valence-corrected chi connectivity index (χ3v) is 2.69. The maximum Gasteiger partial charge on any atom is 0.326 e. The van der Waals surface area contributed by atoms with E-state index in [1.165, 1.54) is 0 Å². The van der Waals surface area contributed by atoms with Crippen LogP contribution in [0, 0.1) is 5.92 Å². The maximum atomic E-state index is 11.7. The van der Waals surface area contributed by atoms with Gasteiger partial charge in [-0.25, -0.2) is 0 Å². The maximum absolute atomic E-state index is 11.7. The molecule has 17 heavy (non-hydrogen) atoms. The number of hydrogen-bond acceptors (Lipinski definition) is 4. The first-order valence-corrected chi connectivity index (χ1v) is 6.40. The fourth-order valence-electron chi connectivity index (χ4n) is 1.47. The van der Waals surface area contributed by atoms with Crippen molar-refractivity contribution in [3.05, 3.63) is 0 Å². The predicted molar refractivity (Wildman–Crippen MR) is 69.0 cm³/mol. The second-order valence-corrected chi connectivity index (χ2v) is 4.87. The van der Waals surface area contributed by atoms with Gasteiger partial charge in [0.25, 0.3) is 0 Å². The van der Waals surface area contributed by atoms with Crippen molar-refractivity contribution in [1.29, 1.82) is 0 Å². The Hall–Kier alpha value is -0.610. The summed E-state index contributed by atoms with van der Waals surface area (Å²) in [4.78, 5) is 11.7. The van der Waals surface area contributed by atoms with E-state index >= 15 is 0 Å². The van der Waals surface area contributed by atoms with Gasteiger partial charge in [-0.3, -0.25) is 4.79 Å². The molecule has 0 rings (SSSR count). The van der Waals surface area contributed by atoms with Crippen LogP contribution in [0.5, 0.6) is 0 Å². The number of rotatable bonds is 9. The van der Waals surface area contributed by atoms with Crippen molar-refractivity contribution in [2.45, 2.75) is 46.1 Å². The Morgan fingerprint density at radius 2 is 2.06 bits per heavy atom. The number of hydrogen-bond donors (Lipinski definition) is 1. The molecule has 102 valence electrons. The number of carbonyl (C=O) groups is 1. The van der Waals surface area contributed by atoms with Gasteiger partial charge in [0.2, 0.25) is 0 Å². The van der Waals surface area contributed by atoms with Gasteiger partial charge in [0.1, 0.15) is 5.54 Å². The molecule has 1 N–H and O–H groups in total. The van der Waals surface area contributed by atoms with Crippen molar-refractivity contribution in [3.63, 3.8) is 0 Å². The quantitative estimate of drug-likeness (QED) is 0.498. The molecule has 1 atom stereocenters. The summed E-state index contributed by atoms with van der Waals surface area (Å²) < 4.78 is 10.5. The van der Waals surface area contributed by atoms with Crippen molar-refractivity contribution in [2.75, 3.05) is 26.9 Å². The van der Waals surface area contributed by atoms with Crippen LogP contribution in [0.3, 0.4) is 0 Å². The van der Waals surface area contributed by atoms with Gasteiger partial charge in [0.05, 0.1) is 6.61 Å².